The molecule has 0 aliphatic carbocycles. The minimum absolute atomic E-state index is 0.0315. The van der Waals surface area contributed by atoms with Crippen molar-refractivity contribution in [2.45, 2.75) is 38.0 Å². The molecule has 0 unspecified atom stereocenters. The maximum atomic E-state index is 13.7. The van der Waals surface area contributed by atoms with Crippen LogP contribution in [-0.2, 0) is 22.4 Å². The third-order valence-corrected chi connectivity index (χ3v) is 10.6. The smallest absolute Gasteiger partial charge is 0.415 e. The molecule has 0 saturated carbocycles. The van der Waals surface area contributed by atoms with Crippen molar-refractivity contribution < 1.29 is 38.7 Å². The molecule has 0 radical (unpaired) electrons. The van der Waals surface area contributed by atoms with Crippen molar-refractivity contribution in [1.82, 2.24) is 9.88 Å². The summed E-state index contributed by atoms with van der Waals surface area (Å²) in [4.78, 5) is 35.8. The monoisotopic (exact) mass is 727 g/mol. The van der Waals surface area contributed by atoms with Gasteiger partial charge in [-0.05, 0) is 79.4 Å². The molecular weight excluding hydrogens is 693 g/mol. The highest BCUT2D eigenvalue weighted by molar-refractivity contribution is 7.14. The number of para-hydroxylation sites is 1. The van der Waals surface area contributed by atoms with Crippen LogP contribution in [0.4, 0.5) is 10.5 Å². The van der Waals surface area contributed by atoms with E-state index in [0.717, 1.165) is 37.3 Å². The summed E-state index contributed by atoms with van der Waals surface area (Å²) in [6, 6.07) is 12.9. The van der Waals surface area contributed by atoms with Crippen LogP contribution in [0.2, 0.25) is 10.0 Å². The second-order valence-corrected chi connectivity index (χ2v) is 13.8. The van der Waals surface area contributed by atoms with Crippen LogP contribution < -0.4 is 14.4 Å². The number of hydrogen-bond donors (Lipinski definition) is 2. The van der Waals surface area contributed by atoms with Crippen LogP contribution in [0.15, 0.2) is 60.9 Å². The van der Waals surface area contributed by atoms with Gasteiger partial charge >= 0.3 is 12.1 Å². The fraction of sp³-hybridized carbons (Fsp3) is 0.343. The number of rotatable bonds is 11. The second-order valence-electron chi connectivity index (χ2n) is 11.9. The maximum absolute atomic E-state index is 13.7. The van der Waals surface area contributed by atoms with Crippen LogP contribution in [0.25, 0.3) is 0 Å². The first-order valence-electron chi connectivity index (χ1n) is 15.7. The van der Waals surface area contributed by atoms with E-state index in [0.29, 0.717) is 44.1 Å². The Kier molecular flexibility index (Phi) is 10.7. The van der Waals surface area contributed by atoms with E-state index >= 15 is 0 Å². The highest BCUT2D eigenvalue weighted by atomic mass is 35.5. The topological polar surface area (TPSA) is 131 Å². The zero-order valence-electron chi connectivity index (χ0n) is 26.8. The van der Waals surface area contributed by atoms with Crippen molar-refractivity contribution in [1.29, 1.82) is 0 Å². The zero-order chi connectivity index (χ0) is 34.7. The Morgan fingerprint density at radius 1 is 1.02 bits per heavy atom. The lowest BCUT2D eigenvalue weighted by Gasteiger charge is -2.44. The average molecular weight is 729 g/mol. The Labute approximate surface area is 297 Å². The van der Waals surface area contributed by atoms with Gasteiger partial charge in [0.05, 0.1) is 36.5 Å². The summed E-state index contributed by atoms with van der Waals surface area (Å²) in [5, 5.41) is 21.6. The van der Waals surface area contributed by atoms with Crippen molar-refractivity contribution in [2.75, 3.05) is 38.8 Å². The van der Waals surface area contributed by atoms with E-state index in [1.165, 1.54) is 49.7 Å². The van der Waals surface area contributed by atoms with Gasteiger partial charge in [0.25, 0.3) is 0 Å². The molecule has 258 valence electrons. The number of esters is 1. The maximum Gasteiger partial charge on any atom is 0.415 e. The van der Waals surface area contributed by atoms with Crippen LogP contribution in [-0.4, -0.2) is 72.1 Å². The number of hydrogen-bond acceptors (Lipinski definition) is 11. The number of pyridine rings is 1. The highest BCUT2D eigenvalue weighted by Gasteiger charge is 2.38. The number of methoxy groups -OCH3 is 2. The van der Waals surface area contributed by atoms with Gasteiger partial charge in [-0.2, -0.15) is 0 Å². The number of aromatic hydroxyl groups is 2. The Morgan fingerprint density at radius 2 is 1.76 bits per heavy atom. The second kappa shape index (κ2) is 15.1. The number of amides is 1. The van der Waals surface area contributed by atoms with Crippen LogP contribution in [0.5, 0.6) is 23.0 Å². The molecule has 49 heavy (non-hydrogen) atoms. The van der Waals surface area contributed by atoms with Crippen molar-refractivity contribution in [3.05, 3.63) is 91.9 Å². The van der Waals surface area contributed by atoms with Gasteiger partial charge in [-0.3, -0.25) is 14.8 Å². The Balaban J connectivity index is 1.24. The average Bonchev–Trinajstić information content (AvgIpc) is 3.59. The van der Waals surface area contributed by atoms with E-state index in [2.05, 4.69) is 9.88 Å². The normalized spacial score (nSPS) is 18.8. The van der Waals surface area contributed by atoms with E-state index in [4.69, 9.17) is 42.1 Å². The minimum atomic E-state index is -0.826. The number of piperidine rings is 3. The fourth-order valence-corrected chi connectivity index (χ4v) is 7.64. The lowest BCUT2D eigenvalue weighted by atomic mass is 9.86. The summed E-state index contributed by atoms with van der Waals surface area (Å²) in [5.74, 6) is -0.202. The van der Waals surface area contributed by atoms with Crippen LogP contribution in [0.3, 0.4) is 0 Å². The molecule has 5 heterocycles. The molecule has 3 aliphatic rings. The predicted octanol–water partition coefficient (Wildman–Crippen LogP) is 7.26. The summed E-state index contributed by atoms with van der Waals surface area (Å²) >= 11 is 14.0. The number of thiophene rings is 1. The molecule has 2 bridgehead atoms. The molecule has 7 rings (SSSR count). The standard InChI is InChI=1S/C35H35Cl2N3O8S/c1-45-28-8-6-21(14-30(28)46-2)29(15-23-24(36)16-38-17-25(23)37)47-34(43)32-9-7-22(49-32)18-40(26-4-3-5-27(41)33(26)42)35(44)48-31-19-39-12-10-20(31)11-13-39/h3-9,14,16-17,20,29,31,41-42H,10-13,15,18-19H2,1-2H3/t29-,31-/m0/s1. The molecule has 2 aromatic carbocycles. The SMILES string of the molecule is COc1ccc([C@H](Cc2c(Cl)cncc2Cl)OC(=O)c2ccc(CN(C(=O)O[C@H]3CN4CCC3CC4)c3cccc(O)c3O)s2)cc1OC. The number of carbonyl (C=O) groups is 2. The highest BCUT2D eigenvalue weighted by Crippen LogP contribution is 2.39. The van der Waals surface area contributed by atoms with E-state index in [9.17, 15) is 19.8 Å². The van der Waals surface area contributed by atoms with Crippen molar-refractivity contribution in [2.24, 2.45) is 5.92 Å². The number of nitrogens with zero attached hydrogens (tertiary/aromatic N) is 3. The number of phenols is 2. The van der Waals surface area contributed by atoms with Gasteiger partial charge in [0, 0.05) is 30.2 Å². The van der Waals surface area contributed by atoms with Crippen molar-refractivity contribution >= 4 is 52.3 Å². The first kappa shape index (κ1) is 34.6. The van der Waals surface area contributed by atoms with E-state index in [-0.39, 0.29) is 41.3 Å². The van der Waals surface area contributed by atoms with E-state index in [1.807, 2.05) is 0 Å². The summed E-state index contributed by atoms with van der Waals surface area (Å²) in [6.45, 7) is 2.59. The van der Waals surface area contributed by atoms with Gasteiger partial charge in [-0.1, -0.05) is 35.3 Å². The summed E-state index contributed by atoms with van der Waals surface area (Å²) in [5.41, 5.74) is 1.26. The number of carbonyl (C=O) groups excluding carboxylic acids is 2. The van der Waals surface area contributed by atoms with Gasteiger partial charge in [-0.15, -0.1) is 11.3 Å². The van der Waals surface area contributed by atoms with Crippen LogP contribution in [0, 0.1) is 5.92 Å². The van der Waals surface area contributed by atoms with Gasteiger partial charge in [0.15, 0.2) is 23.0 Å². The molecule has 14 heteroatoms. The molecule has 4 aromatic rings. The number of phenolic OH excluding ortho intramolecular Hbond substituents is 2. The molecule has 3 aliphatic heterocycles. The molecule has 1 amide bonds. The largest absolute Gasteiger partial charge is 0.504 e. The number of benzene rings is 2. The number of aromatic nitrogens is 1. The number of halogens is 2. The third-order valence-electron chi connectivity index (χ3n) is 8.90. The Bertz CT molecular complexity index is 1810. The quantitative estimate of drug-likeness (QED) is 0.120. The van der Waals surface area contributed by atoms with E-state index < -0.39 is 23.9 Å². The molecule has 2 aromatic heterocycles. The first-order chi connectivity index (χ1) is 23.6. The summed E-state index contributed by atoms with van der Waals surface area (Å²) in [6.07, 6.45) is 3.24. The van der Waals surface area contributed by atoms with Crippen molar-refractivity contribution in [3.63, 3.8) is 0 Å². The predicted molar refractivity (Wildman–Crippen MR) is 185 cm³/mol. The molecule has 3 fully saturated rings. The van der Waals surface area contributed by atoms with Gasteiger partial charge < -0.3 is 29.2 Å². The summed E-state index contributed by atoms with van der Waals surface area (Å²) in [7, 11) is 3.04. The summed E-state index contributed by atoms with van der Waals surface area (Å²) < 4.78 is 22.9. The first-order valence-corrected chi connectivity index (χ1v) is 17.2. The molecular formula is C35H35Cl2N3O8S. The lowest BCUT2D eigenvalue weighted by Crippen LogP contribution is -2.53. The fourth-order valence-electron chi connectivity index (χ4n) is 6.24. The van der Waals surface area contributed by atoms with Gasteiger partial charge in [-0.25, -0.2) is 9.59 Å². The number of fused-ring (bicyclic) bond motifs is 3. The Morgan fingerprint density at radius 3 is 2.43 bits per heavy atom. The Hall–Kier alpha value is -4.23. The number of anilines is 1. The van der Waals surface area contributed by atoms with Crippen LogP contribution >= 0.6 is 34.5 Å². The lowest BCUT2D eigenvalue weighted by molar-refractivity contribution is -0.0311. The molecule has 2 N–H and O–H groups in total. The molecule has 3 saturated heterocycles. The van der Waals surface area contributed by atoms with Crippen LogP contribution in [0.1, 0.15) is 44.6 Å². The molecule has 11 nitrogen and oxygen atoms in total. The third kappa shape index (κ3) is 7.67. The van der Waals surface area contributed by atoms with Gasteiger partial charge in [0.1, 0.15) is 17.1 Å². The van der Waals surface area contributed by atoms with Crippen molar-refractivity contribution in [3.8, 4) is 23.0 Å². The van der Waals surface area contributed by atoms with Gasteiger partial charge in [0.2, 0.25) is 0 Å². The minimum Gasteiger partial charge on any atom is -0.504 e. The molecule has 0 spiro atoms. The molecule has 2 atom stereocenters. The zero-order valence-corrected chi connectivity index (χ0v) is 29.1. The number of ether oxygens (including phenoxy) is 4. The van der Waals surface area contributed by atoms with E-state index in [1.54, 1.807) is 30.3 Å².